The molecule has 1 amide bonds. The molecule has 1 rings (SSSR count). The largest absolute Gasteiger partial charge is 0.324 e. The summed E-state index contributed by atoms with van der Waals surface area (Å²) < 4.78 is 0. The Bertz CT molecular complexity index is 397. The zero-order valence-electron chi connectivity index (χ0n) is 10.6. The van der Waals surface area contributed by atoms with E-state index in [1.165, 1.54) is 0 Å². The molecule has 1 aromatic rings. The zero-order valence-corrected chi connectivity index (χ0v) is 10.6. The zero-order chi connectivity index (χ0) is 12.3. The van der Waals surface area contributed by atoms with Gasteiger partial charge in [-0.3, -0.25) is 4.79 Å². The van der Waals surface area contributed by atoms with E-state index >= 15 is 0 Å². The van der Waals surface area contributed by atoms with Crippen LogP contribution in [0.25, 0.3) is 0 Å². The first kappa shape index (κ1) is 12.7. The molecule has 0 heterocycles. The molecule has 0 saturated carbocycles. The maximum absolute atomic E-state index is 12.0. The Hall–Kier alpha value is -1.35. The third-order valence-electron chi connectivity index (χ3n) is 2.83. The van der Waals surface area contributed by atoms with Crippen LogP contribution in [0.2, 0.25) is 0 Å². The molecule has 88 valence electrons. The first-order valence-electron chi connectivity index (χ1n) is 5.44. The van der Waals surface area contributed by atoms with Crippen LogP contribution < -0.4 is 10.6 Å². The molecule has 0 saturated heterocycles. The van der Waals surface area contributed by atoms with Gasteiger partial charge in [-0.05, 0) is 51.9 Å². The molecule has 3 nitrogen and oxygen atoms in total. The summed E-state index contributed by atoms with van der Waals surface area (Å²) in [6.45, 7) is 7.71. The minimum atomic E-state index is -0.559. The van der Waals surface area contributed by atoms with Gasteiger partial charge in [0.1, 0.15) is 0 Å². The molecule has 1 aromatic carbocycles. The highest BCUT2D eigenvalue weighted by Crippen LogP contribution is 2.17. The van der Waals surface area contributed by atoms with E-state index in [9.17, 15) is 4.79 Å². The van der Waals surface area contributed by atoms with Crippen molar-refractivity contribution in [2.45, 2.75) is 33.2 Å². The lowest BCUT2D eigenvalue weighted by atomic mass is 10.0. The predicted molar refractivity (Wildman–Crippen MR) is 67.7 cm³/mol. The van der Waals surface area contributed by atoms with Gasteiger partial charge in [0.25, 0.3) is 0 Å². The van der Waals surface area contributed by atoms with E-state index in [0.29, 0.717) is 0 Å². The second-order valence-electron chi connectivity index (χ2n) is 4.65. The van der Waals surface area contributed by atoms with Crippen LogP contribution in [0.3, 0.4) is 0 Å². The molecule has 0 radical (unpaired) electrons. The Kier molecular flexibility index (Phi) is 3.70. The minimum Gasteiger partial charge on any atom is -0.324 e. The van der Waals surface area contributed by atoms with Gasteiger partial charge in [0.15, 0.2) is 0 Å². The number of carbonyl (C=O) groups excluding carboxylic acids is 1. The summed E-state index contributed by atoms with van der Waals surface area (Å²) in [4.78, 5) is 12.0. The molecule has 16 heavy (non-hydrogen) atoms. The average molecular weight is 220 g/mol. The van der Waals surface area contributed by atoms with E-state index in [-0.39, 0.29) is 5.91 Å². The number of rotatable bonds is 3. The highest BCUT2D eigenvalue weighted by molar-refractivity contribution is 5.98. The summed E-state index contributed by atoms with van der Waals surface area (Å²) in [5.41, 5.74) is 2.54. The first-order chi connectivity index (χ1) is 7.36. The smallest absolute Gasteiger partial charge is 0.244 e. The Balaban J connectivity index is 2.89. The van der Waals surface area contributed by atoms with Crippen molar-refractivity contribution in [3.8, 4) is 0 Å². The molecule has 0 unspecified atom stereocenters. The molecule has 0 aliphatic heterocycles. The standard InChI is InChI=1S/C13H20N2O/c1-9-6-7-10(2)11(8-9)15-12(16)13(3,4)14-5/h6-8,14H,1-5H3,(H,15,16). The lowest BCUT2D eigenvalue weighted by molar-refractivity contribution is -0.121. The molecule has 0 aliphatic carbocycles. The number of aryl methyl sites for hydroxylation is 2. The van der Waals surface area contributed by atoms with Gasteiger partial charge >= 0.3 is 0 Å². The molecule has 0 aliphatic rings. The molecule has 2 N–H and O–H groups in total. The van der Waals surface area contributed by atoms with E-state index in [0.717, 1.165) is 16.8 Å². The number of nitrogens with one attached hydrogen (secondary N) is 2. The van der Waals surface area contributed by atoms with Crippen molar-refractivity contribution >= 4 is 11.6 Å². The summed E-state index contributed by atoms with van der Waals surface area (Å²) in [5, 5.41) is 5.92. The highest BCUT2D eigenvalue weighted by atomic mass is 16.2. The lowest BCUT2D eigenvalue weighted by Crippen LogP contribution is -2.48. The normalized spacial score (nSPS) is 11.3. The summed E-state index contributed by atoms with van der Waals surface area (Å²) in [6.07, 6.45) is 0. The predicted octanol–water partition coefficient (Wildman–Crippen LogP) is 2.24. The highest BCUT2D eigenvalue weighted by Gasteiger charge is 2.25. The van der Waals surface area contributed by atoms with Gasteiger partial charge in [-0.15, -0.1) is 0 Å². The van der Waals surface area contributed by atoms with Gasteiger partial charge in [-0.25, -0.2) is 0 Å². The Morgan fingerprint density at radius 2 is 1.88 bits per heavy atom. The van der Waals surface area contributed by atoms with Gasteiger partial charge in [0, 0.05) is 5.69 Å². The number of hydrogen-bond donors (Lipinski definition) is 2. The number of amides is 1. The van der Waals surface area contributed by atoms with Crippen LogP contribution in [0.5, 0.6) is 0 Å². The topological polar surface area (TPSA) is 41.1 Å². The molecular formula is C13H20N2O. The van der Waals surface area contributed by atoms with Crippen molar-refractivity contribution in [3.05, 3.63) is 29.3 Å². The quantitative estimate of drug-likeness (QED) is 0.820. The van der Waals surface area contributed by atoms with Gasteiger partial charge in [-0.2, -0.15) is 0 Å². The van der Waals surface area contributed by atoms with E-state index in [1.54, 1.807) is 7.05 Å². The molecule has 0 atom stereocenters. The van der Waals surface area contributed by atoms with Crippen LogP contribution in [-0.2, 0) is 4.79 Å². The van der Waals surface area contributed by atoms with Gasteiger partial charge < -0.3 is 10.6 Å². The maximum atomic E-state index is 12.0. The number of benzene rings is 1. The Labute approximate surface area is 97.2 Å². The van der Waals surface area contributed by atoms with Crippen LogP contribution in [0.1, 0.15) is 25.0 Å². The SMILES string of the molecule is CNC(C)(C)C(=O)Nc1cc(C)ccc1C. The van der Waals surface area contributed by atoms with Crippen molar-refractivity contribution in [2.75, 3.05) is 12.4 Å². The fourth-order valence-corrected chi connectivity index (χ4v) is 1.26. The molecule has 0 fully saturated rings. The number of hydrogen-bond acceptors (Lipinski definition) is 2. The van der Waals surface area contributed by atoms with Crippen molar-refractivity contribution in [2.24, 2.45) is 0 Å². The van der Waals surface area contributed by atoms with Crippen LogP contribution in [0, 0.1) is 13.8 Å². The van der Waals surface area contributed by atoms with E-state index < -0.39 is 5.54 Å². The number of likely N-dealkylation sites (N-methyl/N-ethyl adjacent to an activating group) is 1. The lowest BCUT2D eigenvalue weighted by Gasteiger charge is -2.23. The van der Waals surface area contributed by atoms with Crippen molar-refractivity contribution in [1.82, 2.24) is 5.32 Å². The molecule has 0 aromatic heterocycles. The van der Waals surface area contributed by atoms with Gasteiger partial charge in [-0.1, -0.05) is 12.1 Å². The third-order valence-corrected chi connectivity index (χ3v) is 2.83. The Morgan fingerprint density at radius 1 is 1.25 bits per heavy atom. The molecular weight excluding hydrogens is 200 g/mol. The number of anilines is 1. The van der Waals surface area contributed by atoms with E-state index in [1.807, 2.05) is 45.9 Å². The monoisotopic (exact) mass is 220 g/mol. The van der Waals surface area contributed by atoms with Gasteiger partial charge in [0.05, 0.1) is 5.54 Å². The molecule has 0 spiro atoms. The third kappa shape index (κ3) is 2.83. The van der Waals surface area contributed by atoms with Crippen molar-refractivity contribution in [1.29, 1.82) is 0 Å². The van der Waals surface area contributed by atoms with Crippen molar-refractivity contribution < 1.29 is 4.79 Å². The van der Waals surface area contributed by atoms with Crippen LogP contribution in [0.4, 0.5) is 5.69 Å². The maximum Gasteiger partial charge on any atom is 0.244 e. The second-order valence-corrected chi connectivity index (χ2v) is 4.65. The fourth-order valence-electron chi connectivity index (χ4n) is 1.26. The Morgan fingerprint density at radius 3 is 2.44 bits per heavy atom. The second kappa shape index (κ2) is 4.66. The summed E-state index contributed by atoms with van der Waals surface area (Å²) >= 11 is 0. The molecule has 0 bridgehead atoms. The molecule has 3 heteroatoms. The number of carbonyl (C=O) groups is 1. The first-order valence-corrected chi connectivity index (χ1v) is 5.44. The fraction of sp³-hybridized carbons (Fsp3) is 0.462. The van der Waals surface area contributed by atoms with Crippen LogP contribution >= 0.6 is 0 Å². The van der Waals surface area contributed by atoms with Crippen LogP contribution in [-0.4, -0.2) is 18.5 Å². The van der Waals surface area contributed by atoms with Crippen LogP contribution in [0.15, 0.2) is 18.2 Å². The van der Waals surface area contributed by atoms with E-state index in [2.05, 4.69) is 10.6 Å². The van der Waals surface area contributed by atoms with Crippen molar-refractivity contribution in [3.63, 3.8) is 0 Å². The van der Waals surface area contributed by atoms with E-state index in [4.69, 9.17) is 0 Å². The average Bonchev–Trinajstić information content (AvgIpc) is 2.23. The summed E-state index contributed by atoms with van der Waals surface area (Å²) in [7, 11) is 1.78. The summed E-state index contributed by atoms with van der Waals surface area (Å²) in [5.74, 6) is -0.0244. The minimum absolute atomic E-state index is 0.0244. The van der Waals surface area contributed by atoms with Gasteiger partial charge in [0.2, 0.25) is 5.91 Å². The summed E-state index contributed by atoms with van der Waals surface area (Å²) in [6, 6.07) is 6.03.